The van der Waals surface area contributed by atoms with Crippen LogP contribution in [0.5, 0.6) is 0 Å². The van der Waals surface area contributed by atoms with Crippen molar-refractivity contribution in [1.29, 1.82) is 0 Å². The molecule has 6 heteroatoms. The number of hydrogen-bond acceptors (Lipinski definition) is 6. The van der Waals surface area contributed by atoms with Crippen molar-refractivity contribution in [2.24, 2.45) is 5.92 Å². The Balaban J connectivity index is 1.47. The molecule has 0 unspecified atom stereocenters. The number of aromatic nitrogens is 2. The normalized spacial score (nSPS) is 27.5. The summed E-state index contributed by atoms with van der Waals surface area (Å²) in [5, 5.41) is 3.36. The van der Waals surface area contributed by atoms with Crippen molar-refractivity contribution < 1.29 is 4.74 Å². The molecular formula is C19H26N4OS. The fourth-order valence-electron chi connectivity index (χ4n) is 4.38. The number of aryl methyl sites for hydroxylation is 1. The first-order valence-electron chi connectivity index (χ1n) is 9.02. The lowest BCUT2D eigenvalue weighted by Gasteiger charge is -2.40. The minimum Gasteiger partial charge on any atom is -0.381 e. The van der Waals surface area contributed by atoms with Gasteiger partial charge in [0.15, 0.2) is 0 Å². The topological polar surface area (TPSA) is 41.5 Å². The summed E-state index contributed by atoms with van der Waals surface area (Å²) in [6, 6.07) is 4.74. The number of piperidine rings is 1. The predicted molar refractivity (Wildman–Crippen MR) is 99.5 cm³/mol. The number of hydrogen-bond donors (Lipinski definition) is 0. The van der Waals surface area contributed by atoms with Crippen LogP contribution in [0.3, 0.4) is 0 Å². The minimum atomic E-state index is 0.373. The quantitative estimate of drug-likeness (QED) is 0.822. The van der Waals surface area contributed by atoms with E-state index in [-0.39, 0.29) is 0 Å². The third-order valence-electron chi connectivity index (χ3n) is 5.52. The van der Waals surface area contributed by atoms with Crippen LogP contribution in [0.4, 0.5) is 0 Å². The molecule has 2 saturated heterocycles. The summed E-state index contributed by atoms with van der Waals surface area (Å²) >= 11 is 1.75. The van der Waals surface area contributed by atoms with Gasteiger partial charge in [-0.2, -0.15) is 0 Å². The molecule has 0 spiro atoms. The van der Waals surface area contributed by atoms with Crippen LogP contribution >= 0.6 is 11.3 Å². The highest BCUT2D eigenvalue weighted by atomic mass is 32.1. The fraction of sp³-hybridized carbons (Fsp3) is 0.579. The lowest BCUT2D eigenvalue weighted by molar-refractivity contribution is -0.0248. The van der Waals surface area contributed by atoms with Gasteiger partial charge in [-0.15, -0.1) is 11.3 Å². The lowest BCUT2D eigenvalue weighted by Crippen LogP contribution is -2.50. The molecule has 4 heterocycles. The third-order valence-corrected chi connectivity index (χ3v) is 6.34. The van der Waals surface area contributed by atoms with Gasteiger partial charge in [-0.3, -0.25) is 14.8 Å². The van der Waals surface area contributed by atoms with E-state index in [9.17, 15) is 0 Å². The highest BCUT2D eigenvalue weighted by Crippen LogP contribution is 2.34. The Morgan fingerprint density at radius 1 is 1.32 bits per heavy atom. The largest absolute Gasteiger partial charge is 0.381 e. The van der Waals surface area contributed by atoms with Crippen LogP contribution in [0.2, 0.25) is 0 Å². The van der Waals surface area contributed by atoms with Crippen LogP contribution in [0.1, 0.15) is 22.7 Å². The van der Waals surface area contributed by atoms with Crippen LogP contribution < -0.4 is 0 Å². The Labute approximate surface area is 153 Å². The Kier molecular flexibility index (Phi) is 5.12. The van der Waals surface area contributed by atoms with Crippen molar-refractivity contribution in [1.82, 2.24) is 19.8 Å². The average Bonchev–Trinajstić information content (AvgIpc) is 3.22. The monoisotopic (exact) mass is 358 g/mol. The zero-order valence-electron chi connectivity index (χ0n) is 15.0. The maximum Gasteiger partial charge on any atom is 0.0897 e. The molecule has 0 aromatic carbocycles. The standard InChI is InChI=1S/C19H26N4OS/c1-14-21-16(13-25-14)10-23-7-5-19(24-2)17-11-22(12-18(17)23)9-15-4-3-6-20-8-15/h3-4,6,8,13,17-19H,5,7,9-12H2,1-2H3/t17-,18+,19-/m1/s1. The molecule has 2 fully saturated rings. The zero-order chi connectivity index (χ0) is 17.2. The van der Waals surface area contributed by atoms with Gasteiger partial charge < -0.3 is 4.74 Å². The van der Waals surface area contributed by atoms with E-state index in [1.54, 1.807) is 11.3 Å². The molecule has 0 amide bonds. The molecule has 5 nitrogen and oxygen atoms in total. The van der Waals surface area contributed by atoms with Gasteiger partial charge in [0, 0.05) is 69.6 Å². The number of likely N-dealkylation sites (tertiary alicyclic amines) is 2. The summed E-state index contributed by atoms with van der Waals surface area (Å²) in [7, 11) is 1.87. The summed E-state index contributed by atoms with van der Waals surface area (Å²) in [6.45, 7) is 7.31. The molecule has 4 rings (SSSR count). The summed E-state index contributed by atoms with van der Waals surface area (Å²) in [4.78, 5) is 14.1. The highest BCUT2D eigenvalue weighted by Gasteiger charge is 2.44. The van der Waals surface area contributed by atoms with Crippen LogP contribution in [0.25, 0.3) is 0 Å². The summed E-state index contributed by atoms with van der Waals surface area (Å²) < 4.78 is 5.83. The number of methoxy groups -OCH3 is 1. The van der Waals surface area contributed by atoms with Crippen LogP contribution in [0.15, 0.2) is 29.9 Å². The Bertz CT molecular complexity index is 692. The number of fused-ring (bicyclic) bond motifs is 1. The van der Waals surface area contributed by atoms with Crippen LogP contribution in [-0.2, 0) is 17.8 Å². The number of thiazole rings is 1. The van der Waals surface area contributed by atoms with E-state index in [1.807, 2.05) is 25.6 Å². The maximum atomic E-state index is 5.83. The van der Waals surface area contributed by atoms with Crippen molar-refractivity contribution in [3.05, 3.63) is 46.2 Å². The van der Waals surface area contributed by atoms with E-state index in [0.29, 0.717) is 18.1 Å². The van der Waals surface area contributed by atoms with Gasteiger partial charge in [0.05, 0.1) is 16.8 Å². The van der Waals surface area contributed by atoms with E-state index >= 15 is 0 Å². The SMILES string of the molecule is CO[C@@H]1CCN(Cc2csc(C)n2)[C@H]2CN(Cc3cccnc3)C[C@@H]12. The van der Waals surface area contributed by atoms with Gasteiger partial charge in [0.2, 0.25) is 0 Å². The second-order valence-corrected chi connectivity index (χ2v) is 8.24. The summed E-state index contributed by atoms with van der Waals surface area (Å²) in [5.41, 5.74) is 2.50. The minimum absolute atomic E-state index is 0.373. The molecule has 0 saturated carbocycles. The van der Waals surface area contributed by atoms with Crippen molar-refractivity contribution in [3.63, 3.8) is 0 Å². The Morgan fingerprint density at radius 3 is 2.96 bits per heavy atom. The van der Waals surface area contributed by atoms with Crippen LogP contribution in [0, 0.1) is 12.8 Å². The third kappa shape index (κ3) is 3.77. The van der Waals surface area contributed by atoms with Crippen molar-refractivity contribution in [2.75, 3.05) is 26.7 Å². The number of nitrogens with zero attached hydrogens (tertiary/aromatic N) is 4. The predicted octanol–water partition coefficient (Wildman–Crippen LogP) is 2.57. The second-order valence-electron chi connectivity index (χ2n) is 7.18. The first kappa shape index (κ1) is 17.1. The molecule has 0 bridgehead atoms. The van der Waals surface area contributed by atoms with E-state index in [0.717, 1.165) is 44.2 Å². The Morgan fingerprint density at radius 2 is 2.24 bits per heavy atom. The van der Waals surface area contributed by atoms with Gasteiger partial charge >= 0.3 is 0 Å². The molecule has 25 heavy (non-hydrogen) atoms. The van der Waals surface area contributed by atoms with Crippen molar-refractivity contribution in [2.45, 2.75) is 38.6 Å². The van der Waals surface area contributed by atoms with Gasteiger partial charge in [-0.25, -0.2) is 4.98 Å². The van der Waals surface area contributed by atoms with Crippen molar-refractivity contribution >= 4 is 11.3 Å². The van der Waals surface area contributed by atoms with E-state index in [2.05, 4.69) is 38.1 Å². The molecule has 2 aromatic rings. The number of ether oxygens (including phenoxy) is 1. The molecule has 2 aliphatic heterocycles. The van der Waals surface area contributed by atoms with Gasteiger partial charge in [0.25, 0.3) is 0 Å². The first-order valence-corrected chi connectivity index (χ1v) is 9.90. The number of pyridine rings is 1. The highest BCUT2D eigenvalue weighted by molar-refractivity contribution is 7.09. The van der Waals surface area contributed by atoms with Crippen molar-refractivity contribution in [3.8, 4) is 0 Å². The van der Waals surface area contributed by atoms with Crippen LogP contribution in [-0.4, -0.2) is 58.7 Å². The second kappa shape index (κ2) is 7.50. The summed E-state index contributed by atoms with van der Waals surface area (Å²) in [6.07, 6.45) is 5.30. The molecule has 2 aromatic heterocycles. The van der Waals surface area contributed by atoms with E-state index < -0.39 is 0 Å². The van der Waals surface area contributed by atoms with E-state index in [4.69, 9.17) is 4.74 Å². The molecular weight excluding hydrogens is 332 g/mol. The fourth-order valence-corrected chi connectivity index (χ4v) is 4.98. The smallest absolute Gasteiger partial charge is 0.0897 e. The molecule has 134 valence electrons. The Hall–Kier alpha value is -1.34. The van der Waals surface area contributed by atoms with E-state index in [1.165, 1.54) is 11.3 Å². The molecule has 0 N–H and O–H groups in total. The van der Waals surface area contributed by atoms with Gasteiger partial charge in [-0.05, 0) is 25.0 Å². The maximum absolute atomic E-state index is 5.83. The lowest BCUT2D eigenvalue weighted by atomic mass is 9.89. The molecule has 3 atom stereocenters. The number of rotatable bonds is 5. The molecule has 0 aliphatic carbocycles. The zero-order valence-corrected chi connectivity index (χ0v) is 15.8. The molecule has 0 radical (unpaired) electrons. The first-order chi connectivity index (χ1) is 12.2. The van der Waals surface area contributed by atoms with Gasteiger partial charge in [0.1, 0.15) is 0 Å². The average molecular weight is 359 g/mol. The summed E-state index contributed by atoms with van der Waals surface area (Å²) in [5.74, 6) is 0.579. The van der Waals surface area contributed by atoms with Gasteiger partial charge in [-0.1, -0.05) is 6.07 Å². The molecule has 2 aliphatic rings.